The van der Waals surface area contributed by atoms with Gasteiger partial charge in [-0.25, -0.2) is 13.4 Å². The molecule has 0 aliphatic carbocycles. The van der Waals surface area contributed by atoms with Gasteiger partial charge in [-0.1, -0.05) is 6.92 Å². The molecule has 1 aliphatic rings. The molecule has 1 aromatic heterocycles. The number of piperazine rings is 1. The minimum Gasteiger partial charge on any atom is -0.373 e. The molecule has 1 aromatic rings. The van der Waals surface area contributed by atoms with Gasteiger partial charge in [0, 0.05) is 45.5 Å². The van der Waals surface area contributed by atoms with Crippen LogP contribution in [-0.2, 0) is 10.0 Å². The number of nitrogens with zero attached hydrogens (tertiary/aromatic N) is 3. The summed E-state index contributed by atoms with van der Waals surface area (Å²) in [4.78, 5) is 6.69. The number of nitrogens with one attached hydrogen (secondary N) is 1. The van der Waals surface area contributed by atoms with E-state index < -0.39 is 10.0 Å². The summed E-state index contributed by atoms with van der Waals surface area (Å²) in [5.74, 6) is 0.663. The summed E-state index contributed by atoms with van der Waals surface area (Å²) >= 11 is 0. The molecule has 0 radical (unpaired) electrons. The smallest absolute Gasteiger partial charge is 0.244 e. The first-order valence-electron chi connectivity index (χ1n) is 7.37. The van der Waals surface area contributed by atoms with Gasteiger partial charge < -0.3 is 5.32 Å². The average Bonchev–Trinajstić information content (AvgIpc) is 2.54. The number of sulfonamides is 1. The van der Waals surface area contributed by atoms with Gasteiger partial charge in [0.1, 0.15) is 10.7 Å². The largest absolute Gasteiger partial charge is 0.373 e. The van der Waals surface area contributed by atoms with Gasteiger partial charge in [0.2, 0.25) is 10.0 Å². The van der Waals surface area contributed by atoms with Crippen molar-refractivity contribution in [3.8, 4) is 0 Å². The summed E-state index contributed by atoms with van der Waals surface area (Å²) in [6, 6.07) is 3.80. The maximum absolute atomic E-state index is 12.6. The molecule has 0 aromatic carbocycles. The minimum atomic E-state index is -3.43. The van der Waals surface area contributed by atoms with Gasteiger partial charge >= 0.3 is 0 Å². The molecule has 0 spiro atoms. The number of anilines is 1. The number of hydrogen-bond donors (Lipinski definition) is 1. The standard InChI is InChI=1S/C14H24N4O2S/c1-4-12(2)17-7-9-18(10-8-17)21(19,20)13-5-6-14(15-3)16-11-13/h5-6,11-12H,4,7-10H2,1-3H3,(H,15,16). The van der Waals surface area contributed by atoms with Crippen LogP contribution < -0.4 is 5.32 Å². The fourth-order valence-corrected chi connectivity index (χ4v) is 3.84. The SMILES string of the molecule is CCC(C)N1CCN(S(=O)(=O)c2ccc(NC)nc2)CC1. The van der Waals surface area contributed by atoms with Crippen molar-refractivity contribution in [3.05, 3.63) is 18.3 Å². The molecule has 1 saturated heterocycles. The number of pyridine rings is 1. The van der Waals surface area contributed by atoms with E-state index in [1.807, 2.05) is 0 Å². The predicted molar refractivity (Wildman–Crippen MR) is 83.9 cm³/mol. The summed E-state index contributed by atoms with van der Waals surface area (Å²) in [6.07, 6.45) is 2.50. The highest BCUT2D eigenvalue weighted by atomic mass is 32.2. The fraction of sp³-hybridized carbons (Fsp3) is 0.643. The highest BCUT2D eigenvalue weighted by molar-refractivity contribution is 7.89. The molecule has 0 saturated carbocycles. The van der Waals surface area contributed by atoms with E-state index in [1.54, 1.807) is 23.5 Å². The molecule has 1 N–H and O–H groups in total. The Bertz CT molecular complexity index is 551. The molecular formula is C14H24N4O2S. The highest BCUT2D eigenvalue weighted by Crippen LogP contribution is 2.19. The maximum atomic E-state index is 12.6. The van der Waals surface area contributed by atoms with Crippen molar-refractivity contribution in [2.45, 2.75) is 31.2 Å². The molecule has 0 bridgehead atoms. The normalized spacial score (nSPS) is 19.4. The Hall–Kier alpha value is -1.18. The lowest BCUT2D eigenvalue weighted by atomic mass is 10.2. The van der Waals surface area contributed by atoms with Crippen molar-refractivity contribution in [2.24, 2.45) is 0 Å². The first-order chi connectivity index (χ1) is 9.98. The van der Waals surface area contributed by atoms with Crippen LogP contribution in [0.25, 0.3) is 0 Å². The second kappa shape index (κ2) is 6.72. The number of rotatable bonds is 5. The molecule has 1 unspecified atom stereocenters. The lowest BCUT2D eigenvalue weighted by molar-refractivity contribution is 0.142. The summed E-state index contributed by atoms with van der Waals surface area (Å²) in [7, 11) is -1.67. The second-order valence-electron chi connectivity index (χ2n) is 5.33. The molecule has 6 nitrogen and oxygen atoms in total. The quantitative estimate of drug-likeness (QED) is 0.886. The number of aromatic nitrogens is 1. The highest BCUT2D eigenvalue weighted by Gasteiger charge is 2.29. The zero-order valence-corrected chi connectivity index (χ0v) is 13.7. The van der Waals surface area contributed by atoms with E-state index in [9.17, 15) is 8.42 Å². The van der Waals surface area contributed by atoms with Crippen molar-refractivity contribution >= 4 is 15.8 Å². The molecule has 2 rings (SSSR count). The van der Waals surface area contributed by atoms with Crippen molar-refractivity contribution in [3.63, 3.8) is 0 Å². The Morgan fingerprint density at radius 3 is 2.43 bits per heavy atom. The molecule has 2 heterocycles. The van der Waals surface area contributed by atoms with E-state index >= 15 is 0 Å². The first kappa shape index (κ1) is 16.2. The van der Waals surface area contributed by atoms with E-state index in [0.29, 0.717) is 24.9 Å². The molecule has 1 fully saturated rings. The second-order valence-corrected chi connectivity index (χ2v) is 7.26. The monoisotopic (exact) mass is 312 g/mol. The van der Waals surface area contributed by atoms with Crippen LogP contribution in [0.5, 0.6) is 0 Å². The Kier molecular flexibility index (Phi) is 5.18. The van der Waals surface area contributed by atoms with Crippen LogP contribution in [0.1, 0.15) is 20.3 Å². The van der Waals surface area contributed by atoms with Gasteiger partial charge in [-0.15, -0.1) is 0 Å². The summed E-state index contributed by atoms with van der Waals surface area (Å²) in [6.45, 7) is 7.00. The van der Waals surface area contributed by atoms with Crippen molar-refractivity contribution in [2.75, 3.05) is 38.5 Å². The molecule has 0 amide bonds. The molecule has 1 aliphatic heterocycles. The zero-order valence-electron chi connectivity index (χ0n) is 12.9. The van der Waals surface area contributed by atoms with Crippen LogP contribution in [0.2, 0.25) is 0 Å². The third kappa shape index (κ3) is 3.53. The van der Waals surface area contributed by atoms with Crippen LogP contribution in [0.15, 0.2) is 23.2 Å². The van der Waals surface area contributed by atoms with E-state index in [1.165, 1.54) is 6.20 Å². The molecule has 1 atom stereocenters. The molecule has 118 valence electrons. The first-order valence-corrected chi connectivity index (χ1v) is 8.81. The van der Waals surface area contributed by atoms with Crippen LogP contribution in [-0.4, -0.2) is 61.9 Å². The summed E-state index contributed by atoms with van der Waals surface area (Å²) in [5.41, 5.74) is 0. The predicted octanol–water partition coefficient (Wildman–Crippen LogP) is 1.23. The van der Waals surface area contributed by atoms with Gasteiger partial charge in [-0.2, -0.15) is 4.31 Å². The minimum absolute atomic E-state index is 0.262. The van der Waals surface area contributed by atoms with E-state index in [2.05, 4.69) is 29.0 Å². The van der Waals surface area contributed by atoms with E-state index in [0.717, 1.165) is 19.5 Å². The lowest BCUT2D eigenvalue weighted by Gasteiger charge is -2.37. The van der Waals surface area contributed by atoms with Crippen molar-refractivity contribution in [1.82, 2.24) is 14.2 Å². The molecule has 21 heavy (non-hydrogen) atoms. The van der Waals surface area contributed by atoms with Crippen LogP contribution in [0, 0.1) is 0 Å². The van der Waals surface area contributed by atoms with Crippen LogP contribution in [0.4, 0.5) is 5.82 Å². The van der Waals surface area contributed by atoms with Crippen molar-refractivity contribution in [1.29, 1.82) is 0 Å². The third-order valence-electron chi connectivity index (χ3n) is 4.12. The average molecular weight is 312 g/mol. The summed E-state index contributed by atoms with van der Waals surface area (Å²) < 4.78 is 26.7. The van der Waals surface area contributed by atoms with Gasteiger partial charge in [0.05, 0.1) is 0 Å². The maximum Gasteiger partial charge on any atom is 0.244 e. The third-order valence-corrected chi connectivity index (χ3v) is 6.00. The topological polar surface area (TPSA) is 65.5 Å². The molecule has 7 heteroatoms. The van der Waals surface area contributed by atoms with Gasteiger partial charge in [0.15, 0.2) is 0 Å². The van der Waals surface area contributed by atoms with Crippen LogP contribution >= 0.6 is 0 Å². The Labute approximate surface area is 127 Å². The van der Waals surface area contributed by atoms with Crippen LogP contribution in [0.3, 0.4) is 0 Å². The Morgan fingerprint density at radius 2 is 1.95 bits per heavy atom. The van der Waals surface area contributed by atoms with Gasteiger partial charge in [0.25, 0.3) is 0 Å². The lowest BCUT2D eigenvalue weighted by Crippen LogP contribution is -2.51. The number of hydrogen-bond acceptors (Lipinski definition) is 5. The van der Waals surface area contributed by atoms with E-state index in [4.69, 9.17) is 0 Å². The van der Waals surface area contributed by atoms with Gasteiger partial charge in [-0.3, -0.25) is 4.90 Å². The van der Waals surface area contributed by atoms with Crippen molar-refractivity contribution < 1.29 is 8.42 Å². The van der Waals surface area contributed by atoms with E-state index in [-0.39, 0.29) is 4.90 Å². The summed E-state index contributed by atoms with van der Waals surface area (Å²) in [5, 5.41) is 2.88. The fourth-order valence-electron chi connectivity index (χ4n) is 2.47. The Morgan fingerprint density at radius 1 is 1.29 bits per heavy atom. The van der Waals surface area contributed by atoms with Gasteiger partial charge in [-0.05, 0) is 25.5 Å². The Balaban J connectivity index is 2.07. The zero-order chi connectivity index (χ0) is 15.5. The molecular weight excluding hydrogens is 288 g/mol.